The fourth-order valence-corrected chi connectivity index (χ4v) is 7.63. The Morgan fingerprint density at radius 1 is 0.930 bits per heavy atom. The van der Waals surface area contributed by atoms with Crippen LogP contribution < -0.4 is 5.48 Å². The third kappa shape index (κ3) is 6.89. The number of aryl methyl sites for hydroxylation is 1. The van der Waals surface area contributed by atoms with E-state index in [4.69, 9.17) is 9.57 Å². The zero-order valence-electron chi connectivity index (χ0n) is 23.5. The summed E-state index contributed by atoms with van der Waals surface area (Å²) in [6.07, 6.45) is -3.31. The number of carbonyl (C=O) groups is 1. The second-order valence-corrected chi connectivity index (χ2v) is 13.8. The van der Waals surface area contributed by atoms with Gasteiger partial charge in [0.15, 0.2) is 20.9 Å². The van der Waals surface area contributed by atoms with Gasteiger partial charge in [0.25, 0.3) is 5.91 Å². The highest BCUT2D eigenvalue weighted by atomic mass is 32.2. The molecule has 1 amide bonds. The number of piperidine rings is 1. The number of halogens is 5. The van der Waals surface area contributed by atoms with Crippen molar-refractivity contribution in [3.8, 4) is 11.1 Å². The molecule has 43 heavy (non-hydrogen) atoms. The molecule has 1 aliphatic carbocycles. The van der Waals surface area contributed by atoms with Crippen molar-refractivity contribution in [2.75, 3.05) is 19.7 Å². The Bertz CT molecular complexity index is 1370. The summed E-state index contributed by atoms with van der Waals surface area (Å²) in [5, 5.41) is 0. The number of carbonyl (C=O) groups excluding carboxylic acids is 1. The fourth-order valence-electron chi connectivity index (χ4n) is 5.68. The minimum atomic E-state index is -5.60. The Hall–Kier alpha value is -2.61. The predicted octanol–water partition coefficient (Wildman–Crippen LogP) is 5.83. The van der Waals surface area contributed by atoms with Crippen molar-refractivity contribution < 1.29 is 44.7 Å². The van der Waals surface area contributed by atoms with E-state index in [1.807, 2.05) is 0 Å². The summed E-state index contributed by atoms with van der Waals surface area (Å²) in [5.74, 6) is -5.49. The molecule has 1 saturated carbocycles. The zero-order valence-corrected chi connectivity index (χ0v) is 24.4. The van der Waals surface area contributed by atoms with Gasteiger partial charge in [-0.1, -0.05) is 36.4 Å². The van der Waals surface area contributed by atoms with E-state index in [0.717, 1.165) is 25.7 Å². The maximum atomic E-state index is 14.1. The van der Waals surface area contributed by atoms with E-state index in [1.54, 1.807) is 24.3 Å². The molecule has 7 nitrogen and oxygen atoms in total. The van der Waals surface area contributed by atoms with Gasteiger partial charge in [0.05, 0.1) is 4.90 Å². The molecular weight excluding hydrogens is 595 g/mol. The summed E-state index contributed by atoms with van der Waals surface area (Å²) in [4.78, 5) is 21.3. The van der Waals surface area contributed by atoms with E-state index < -0.39 is 51.7 Å². The standard InChI is InChI=1S/C30H35F5N2O5S/c31-29(32,30(33,34)35)15-14-21-4-6-22(7-5-21)23-8-12-25(13-9-23)43(39,40)28(16-18-37(19-17-28)24-10-11-24)27(38)36-42-26-3-1-2-20-41-26/h4-9,12-13,24,26H,1-3,10-11,14-20H2,(H,36,38). The number of rotatable bonds is 10. The van der Waals surface area contributed by atoms with Gasteiger partial charge in [0, 0.05) is 38.6 Å². The van der Waals surface area contributed by atoms with Gasteiger partial charge in [-0.15, -0.1) is 0 Å². The van der Waals surface area contributed by atoms with E-state index in [0.29, 0.717) is 48.8 Å². The summed E-state index contributed by atoms with van der Waals surface area (Å²) in [7, 11) is -4.17. The van der Waals surface area contributed by atoms with Crippen LogP contribution >= 0.6 is 0 Å². The van der Waals surface area contributed by atoms with E-state index in [9.17, 15) is 35.2 Å². The first kappa shape index (κ1) is 31.8. The van der Waals surface area contributed by atoms with Crippen molar-refractivity contribution in [3.63, 3.8) is 0 Å². The van der Waals surface area contributed by atoms with Crippen molar-refractivity contribution in [2.45, 2.75) is 91.9 Å². The molecule has 1 atom stereocenters. The van der Waals surface area contributed by atoms with Crippen LogP contribution in [0, 0.1) is 0 Å². The number of likely N-dealkylation sites (tertiary alicyclic amines) is 1. The third-order valence-electron chi connectivity index (χ3n) is 8.61. The van der Waals surface area contributed by atoms with Crippen molar-refractivity contribution in [2.24, 2.45) is 0 Å². The molecule has 1 N–H and O–H groups in total. The topological polar surface area (TPSA) is 84.9 Å². The van der Waals surface area contributed by atoms with E-state index in [1.165, 1.54) is 24.3 Å². The van der Waals surface area contributed by atoms with Crippen LogP contribution in [0.25, 0.3) is 11.1 Å². The lowest BCUT2D eigenvalue weighted by Crippen LogP contribution is -2.58. The minimum absolute atomic E-state index is 0.0220. The Morgan fingerprint density at radius 3 is 2.07 bits per heavy atom. The number of amides is 1. The Balaban J connectivity index is 1.30. The molecule has 5 rings (SSSR count). The van der Waals surface area contributed by atoms with Gasteiger partial charge in [-0.25, -0.2) is 18.7 Å². The van der Waals surface area contributed by atoms with E-state index in [2.05, 4.69) is 10.4 Å². The second kappa shape index (κ2) is 12.4. The first-order valence-corrected chi connectivity index (χ1v) is 16.0. The molecule has 2 heterocycles. The Labute approximate surface area is 247 Å². The Kier molecular flexibility index (Phi) is 9.18. The molecule has 3 fully saturated rings. The van der Waals surface area contributed by atoms with Crippen molar-refractivity contribution >= 4 is 15.7 Å². The van der Waals surface area contributed by atoms with Crippen LogP contribution in [0.4, 0.5) is 22.0 Å². The van der Waals surface area contributed by atoms with E-state index in [-0.39, 0.29) is 17.7 Å². The van der Waals surface area contributed by atoms with Crippen LogP contribution in [-0.2, 0) is 30.6 Å². The zero-order chi connectivity index (χ0) is 30.9. The number of hydrogen-bond donors (Lipinski definition) is 1. The summed E-state index contributed by atoms with van der Waals surface area (Å²) in [6, 6.07) is 12.5. The average Bonchev–Trinajstić information content (AvgIpc) is 3.85. The summed E-state index contributed by atoms with van der Waals surface area (Å²) in [5.41, 5.74) is 3.96. The van der Waals surface area contributed by atoms with Crippen LogP contribution in [0.3, 0.4) is 0 Å². The molecule has 2 aliphatic heterocycles. The smallest absolute Gasteiger partial charge is 0.350 e. The van der Waals surface area contributed by atoms with Gasteiger partial charge in [-0.3, -0.25) is 4.79 Å². The molecule has 0 aromatic heterocycles. The molecular formula is C30H35F5N2O5S. The molecule has 2 aromatic rings. The predicted molar refractivity (Wildman–Crippen MR) is 148 cm³/mol. The largest absolute Gasteiger partial charge is 0.453 e. The van der Waals surface area contributed by atoms with Gasteiger partial charge < -0.3 is 9.64 Å². The quantitative estimate of drug-likeness (QED) is 0.263. The monoisotopic (exact) mass is 630 g/mol. The summed E-state index contributed by atoms with van der Waals surface area (Å²) >= 11 is 0. The Morgan fingerprint density at radius 2 is 1.53 bits per heavy atom. The number of nitrogens with zero attached hydrogens (tertiary/aromatic N) is 1. The molecule has 0 spiro atoms. The highest BCUT2D eigenvalue weighted by Crippen LogP contribution is 2.41. The summed E-state index contributed by atoms with van der Waals surface area (Å²) in [6.45, 7) is 1.44. The number of sulfone groups is 1. The lowest BCUT2D eigenvalue weighted by molar-refractivity contribution is -0.284. The van der Waals surface area contributed by atoms with Gasteiger partial charge in [-0.2, -0.15) is 22.0 Å². The number of hydrogen-bond acceptors (Lipinski definition) is 6. The van der Waals surface area contributed by atoms with Crippen LogP contribution in [-0.4, -0.2) is 68.1 Å². The number of nitrogens with one attached hydrogen (secondary N) is 1. The number of ether oxygens (including phenoxy) is 1. The molecule has 2 aromatic carbocycles. The van der Waals surface area contributed by atoms with Crippen molar-refractivity contribution in [3.05, 3.63) is 54.1 Å². The van der Waals surface area contributed by atoms with Crippen LogP contribution in [0.5, 0.6) is 0 Å². The van der Waals surface area contributed by atoms with E-state index >= 15 is 0 Å². The molecule has 2 saturated heterocycles. The van der Waals surface area contributed by atoms with Gasteiger partial charge in [0.2, 0.25) is 0 Å². The first-order valence-electron chi connectivity index (χ1n) is 14.5. The third-order valence-corrected chi connectivity index (χ3v) is 11.1. The maximum absolute atomic E-state index is 14.1. The van der Waals surface area contributed by atoms with Gasteiger partial charge in [-0.05, 0) is 73.8 Å². The lowest BCUT2D eigenvalue weighted by Gasteiger charge is -2.40. The second-order valence-electron chi connectivity index (χ2n) is 11.5. The molecule has 13 heteroatoms. The number of benzene rings is 2. The fraction of sp³-hybridized carbons (Fsp3) is 0.567. The minimum Gasteiger partial charge on any atom is -0.350 e. The molecule has 0 bridgehead atoms. The van der Waals surface area contributed by atoms with Crippen LogP contribution in [0.1, 0.15) is 56.9 Å². The summed E-state index contributed by atoms with van der Waals surface area (Å²) < 4.78 is 95.9. The highest BCUT2D eigenvalue weighted by molar-refractivity contribution is 7.93. The normalized spacial score (nSPS) is 21.8. The first-order chi connectivity index (χ1) is 20.3. The number of alkyl halides is 5. The average molecular weight is 631 g/mol. The SMILES string of the molecule is O=C(NOC1CCCCO1)C1(S(=O)(=O)c2ccc(-c3ccc(CCC(F)(F)C(F)(F)F)cc3)cc2)CCN(C2CC2)CC1. The maximum Gasteiger partial charge on any atom is 0.453 e. The lowest BCUT2D eigenvalue weighted by atomic mass is 9.94. The molecule has 0 radical (unpaired) electrons. The van der Waals surface area contributed by atoms with Crippen LogP contribution in [0.15, 0.2) is 53.4 Å². The van der Waals surface area contributed by atoms with Crippen molar-refractivity contribution in [1.29, 1.82) is 0 Å². The van der Waals surface area contributed by atoms with Crippen LogP contribution in [0.2, 0.25) is 0 Å². The van der Waals surface area contributed by atoms with Crippen molar-refractivity contribution in [1.82, 2.24) is 10.4 Å². The number of hydroxylamine groups is 1. The molecule has 1 unspecified atom stereocenters. The van der Waals surface area contributed by atoms with Gasteiger partial charge in [0.1, 0.15) is 0 Å². The molecule has 236 valence electrons. The van der Waals surface area contributed by atoms with Gasteiger partial charge >= 0.3 is 12.1 Å². The highest BCUT2D eigenvalue weighted by Gasteiger charge is 2.57. The molecule has 3 aliphatic rings.